The highest BCUT2D eigenvalue weighted by molar-refractivity contribution is 8.07. The van der Waals surface area contributed by atoms with Gasteiger partial charge in [-0.05, 0) is 12.8 Å². The Balaban J connectivity index is 1.83. The number of hydrogen-bond donors (Lipinski definition) is 1. The van der Waals surface area contributed by atoms with Gasteiger partial charge >= 0.3 is 0 Å². The van der Waals surface area contributed by atoms with Gasteiger partial charge in [-0.3, -0.25) is 20.0 Å². The normalized spacial score (nSPS) is 26.6. The van der Waals surface area contributed by atoms with Crippen molar-refractivity contribution in [1.29, 1.82) is 0 Å². The molecule has 1 unspecified atom stereocenters. The summed E-state index contributed by atoms with van der Waals surface area (Å²) in [5, 5.41) is 1.50. The van der Waals surface area contributed by atoms with Crippen molar-refractivity contribution in [2.24, 2.45) is 0 Å². The number of piperidine rings is 1. The summed E-state index contributed by atoms with van der Waals surface area (Å²) in [6, 6.07) is 0. The van der Waals surface area contributed by atoms with E-state index in [1.54, 1.807) is 11.8 Å². The van der Waals surface area contributed by atoms with Crippen LogP contribution in [0.3, 0.4) is 0 Å². The van der Waals surface area contributed by atoms with Gasteiger partial charge in [0.1, 0.15) is 0 Å². The topological polar surface area (TPSA) is 49.4 Å². The van der Waals surface area contributed by atoms with E-state index in [9.17, 15) is 9.59 Å². The Morgan fingerprint density at radius 3 is 2.94 bits per heavy atom. The third-order valence-electron chi connectivity index (χ3n) is 2.68. The van der Waals surface area contributed by atoms with Crippen LogP contribution in [0, 0.1) is 0 Å². The first-order valence-electron chi connectivity index (χ1n) is 5.57. The van der Waals surface area contributed by atoms with Gasteiger partial charge in [0.05, 0.1) is 5.25 Å². The van der Waals surface area contributed by atoms with Crippen LogP contribution < -0.4 is 5.43 Å². The van der Waals surface area contributed by atoms with Crippen molar-refractivity contribution in [3.63, 3.8) is 0 Å². The molecule has 0 radical (unpaired) electrons. The highest BCUT2D eigenvalue weighted by Gasteiger charge is 2.26. The number of rotatable bonds is 2. The lowest BCUT2D eigenvalue weighted by atomic mass is 10.1. The van der Waals surface area contributed by atoms with Crippen molar-refractivity contribution in [3.05, 3.63) is 0 Å². The zero-order chi connectivity index (χ0) is 11.4. The number of thioether (sulfide) groups is 2. The summed E-state index contributed by atoms with van der Waals surface area (Å²) in [5.41, 5.74) is 2.75. The van der Waals surface area contributed by atoms with Crippen LogP contribution in [-0.2, 0) is 9.59 Å². The van der Waals surface area contributed by atoms with E-state index in [1.807, 2.05) is 11.8 Å². The van der Waals surface area contributed by atoms with Crippen molar-refractivity contribution < 1.29 is 9.59 Å². The average molecular weight is 260 g/mol. The van der Waals surface area contributed by atoms with E-state index >= 15 is 0 Å². The zero-order valence-corrected chi connectivity index (χ0v) is 10.7. The molecule has 2 fully saturated rings. The smallest absolute Gasteiger partial charge is 0.252 e. The summed E-state index contributed by atoms with van der Waals surface area (Å²) in [6.07, 6.45) is 2.49. The maximum Gasteiger partial charge on any atom is 0.252 e. The number of carbonyl (C=O) groups is 2. The van der Waals surface area contributed by atoms with Gasteiger partial charge in [0.25, 0.3) is 5.91 Å². The molecule has 4 nitrogen and oxygen atoms in total. The number of hydrazine groups is 1. The van der Waals surface area contributed by atoms with Crippen LogP contribution in [0.25, 0.3) is 0 Å². The van der Waals surface area contributed by atoms with Crippen LogP contribution in [0.15, 0.2) is 0 Å². The van der Waals surface area contributed by atoms with E-state index in [0.29, 0.717) is 13.0 Å². The molecule has 2 saturated heterocycles. The number of nitrogens with one attached hydrogen (secondary N) is 1. The van der Waals surface area contributed by atoms with Crippen LogP contribution in [0.5, 0.6) is 0 Å². The van der Waals surface area contributed by atoms with Gasteiger partial charge < -0.3 is 0 Å². The second-order valence-electron chi connectivity index (χ2n) is 3.91. The third kappa shape index (κ3) is 3.07. The van der Waals surface area contributed by atoms with Crippen molar-refractivity contribution >= 4 is 35.3 Å². The van der Waals surface area contributed by atoms with E-state index in [-0.39, 0.29) is 17.1 Å². The Labute approximate surface area is 104 Å². The van der Waals surface area contributed by atoms with Gasteiger partial charge in [-0.15, -0.1) is 11.8 Å². The molecule has 1 N–H and O–H groups in total. The van der Waals surface area contributed by atoms with Crippen molar-refractivity contribution in [1.82, 2.24) is 10.4 Å². The van der Waals surface area contributed by atoms with Crippen molar-refractivity contribution in [2.45, 2.75) is 24.5 Å². The van der Waals surface area contributed by atoms with Gasteiger partial charge in [0.15, 0.2) is 0 Å². The fraction of sp³-hybridized carbons (Fsp3) is 0.800. The fourth-order valence-electron chi connectivity index (χ4n) is 1.77. The van der Waals surface area contributed by atoms with Gasteiger partial charge in [0.2, 0.25) is 5.91 Å². The molecule has 0 spiro atoms. The molecule has 0 aliphatic carbocycles. The quantitative estimate of drug-likeness (QED) is 0.801. The molecular formula is C10H16N2O2S2. The van der Waals surface area contributed by atoms with Gasteiger partial charge in [-0.2, -0.15) is 11.8 Å². The number of hydrogen-bond acceptors (Lipinski definition) is 4. The standard InChI is InChI=1S/C10H16N2O2S2/c13-9-3-1-2-4-12(9)11-10(14)8-7-15-5-6-16-8/h8H,1-7H2,(H,11,14). The van der Waals surface area contributed by atoms with E-state index < -0.39 is 0 Å². The molecule has 90 valence electrons. The van der Waals surface area contributed by atoms with Crippen LogP contribution >= 0.6 is 23.5 Å². The molecule has 0 aromatic carbocycles. The lowest BCUT2D eigenvalue weighted by Crippen LogP contribution is -2.51. The van der Waals surface area contributed by atoms with Crippen LogP contribution in [0.1, 0.15) is 19.3 Å². The molecule has 2 heterocycles. The molecule has 2 rings (SSSR count). The molecule has 0 bridgehead atoms. The fourth-order valence-corrected chi connectivity index (χ4v) is 4.32. The Hall–Kier alpha value is -0.360. The van der Waals surface area contributed by atoms with Crippen molar-refractivity contribution in [3.8, 4) is 0 Å². The predicted octanol–water partition coefficient (Wildman–Crippen LogP) is 0.879. The van der Waals surface area contributed by atoms with Crippen LogP contribution in [-0.4, -0.2) is 45.9 Å². The third-order valence-corrected chi connectivity index (χ3v) is 5.43. The Morgan fingerprint density at radius 1 is 1.38 bits per heavy atom. The molecule has 0 aromatic rings. The molecule has 2 amide bonds. The van der Waals surface area contributed by atoms with Crippen molar-refractivity contribution in [2.75, 3.05) is 23.8 Å². The molecule has 0 saturated carbocycles. The predicted molar refractivity (Wildman–Crippen MR) is 67.3 cm³/mol. The Kier molecular flexibility index (Phi) is 4.40. The molecule has 16 heavy (non-hydrogen) atoms. The molecule has 2 aliphatic rings. The lowest BCUT2D eigenvalue weighted by Gasteiger charge is -2.29. The maximum absolute atomic E-state index is 11.9. The first-order valence-corrected chi connectivity index (χ1v) is 7.78. The molecular weight excluding hydrogens is 244 g/mol. The summed E-state index contributed by atoms with van der Waals surface area (Å²) in [6.45, 7) is 0.662. The van der Waals surface area contributed by atoms with Gasteiger partial charge in [0, 0.05) is 30.2 Å². The Morgan fingerprint density at radius 2 is 2.25 bits per heavy atom. The van der Waals surface area contributed by atoms with Crippen LogP contribution in [0.2, 0.25) is 0 Å². The van der Waals surface area contributed by atoms with E-state index in [1.165, 1.54) is 5.01 Å². The SMILES string of the molecule is O=C(NN1CCCCC1=O)C1CSCCS1. The zero-order valence-electron chi connectivity index (χ0n) is 9.11. The minimum absolute atomic E-state index is 0.00699. The van der Waals surface area contributed by atoms with E-state index in [0.717, 1.165) is 30.1 Å². The number of nitrogens with zero attached hydrogens (tertiary/aromatic N) is 1. The van der Waals surface area contributed by atoms with Crippen LogP contribution in [0.4, 0.5) is 0 Å². The first kappa shape index (κ1) is 12.1. The summed E-state index contributed by atoms with van der Waals surface area (Å²) >= 11 is 3.50. The Bertz CT molecular complexity index is 280. The number of amides is 2. The summed E-state index contributed by atoms with van der Waals surface area (Å²) in [7, 11) is 0. The molecule has 6 heteroatoms. The first-order chi connectivity index (χ1) is 7.77. The maximum atomic E-state index is 11.9. The van der Waals surface area contributed by atoms with Gasteiger partial charge in [-0.1, -0.05) is 0 Å². The van der Waals surface area contributed by atoms with Gasteiger partial charge in [-0.25, -0.2) is 0 Å². The highest BCUT2D eigenvalue weighted by atomic mass is 32.2. The summed E-state index contributed by atoms with van der Waals surface area (Å²) in [4.78, 5) is 23.4. The monoisotopic (exact) mass is 260 g/mol. The number of carbonyl (C=O) groups excluding carboxylic acids is 2. The molecule has 2 aliphatic heterocycles. The summed E-state index contributed by atoms with van der Waals surface area (Å²) < 4.78 is 0. The average Bonchev–Trinajstić information content (AvgIpc) is 2.33. The summed E-state index contributed by atoms with van der Waals surface area (Å²) in [5.74, 6) is 3.05. The highest BCUT2D eigenvalue weighted by Crippen LogP contribution is 2.24. The van der Waals surface area contributed by atoms with E-state index in [4.69, 9.17) is 0 Å². The second-order valence-corrected chi connectivity index (χ2v) is 6.37. The second kappa shape index (κ2) is 5.82. The molecule has 0 aromatic heterocycles. The lowest BCUT2D eigenvalue weighted by molar-refractivity contribution is -0.143. The largest absolute Gasteiger partial charge is 0.273 e. The minimum Gasteiger partial charge on any atom is -0.273 e. The minimum atomic E-state index is -0.00699. The molecule has 1 atom stereocenters. The van der Waals surface area contributed by atoms with E-state index in [2.05, 4.69) is 5.43 Å².